The Balaban J connectivity index is 2.32. The molecule has 0 radical (unpaired) electrons. The molecule has 0 aromatic rings. The van der Waals surface area contributed by atoms with Crippen LogP contribution in [-0.2, 0) is 4.79 Å². The summed E-state index contributed by atoms with van der Waals surface area (Å²) in [5.41, 5.74) is 3.19. The van der Waals surface area contributed by atoms with E-state index in [2.05, 4.69) is 32.6 Å². The van der Waals surface area contributed by atoms with Gasteiger partial charge >= 0.3 is 5.97 Å². The Morgan fingerprint density at radius 1 is 1.47 bits per heavy atom. The Labute approximate surface area is 103 Å². The quantitative estimate of drug-likeness (QED) is 0.584. The van der Waals surface area contributed by atoms with Gasteiger partial charge in [0.2, 0.25) is 0 Å². The number of carbonyl (C=O) groups is 1. The normalized spacial score (nSPS) is 32.2. The molecule has 0 saturated heterocycles. The minimum absolute atomic E-state index is 0.0800. The minimum Gasteiger partial charge on any atom is -0.478 e. The van der Waals surface area contributed by atoms with Crippen LogP contribution >= 0.6 is 0 Å². The van der Waals surface area contributed by atoms with Crippen LogP contribution in [0, 0.1) is 17.8 Å². The van der Waals surface area contributed by atoms with Gasteiger partial charge in [0, 0.05) is 11.5 Å². The molecule has 17 heavy (non-hydrogen) atoms. The monoisotopic (exact) mass is 232 g/mol. The molecule has 2 aliphatic carbocycles. The summed E-state index contributed by atoms with van der Waals surface area (Å²) in [5, 5.41) is 9.12. The molecule has 2 rings (SSSR count). The third-order valence-electron chi connectivity index (χ3n) is 4.26. The summed E-state index contributed by atoms with van der Waals surface area (Å²) in [5.74, 6) is 0.0979. The zero-order valence-corrected chi connectivity index (χ0v) is 10.6. The highest BCUT2D eigenvalue weighted by molar-refractivity contribution is 5.86. The summed E-state index contributed by atoms with van der Waals surface area (Å²) in [7, 11) is 0. The lowest BCUT2D eigenvalue weighted by Gasteiger charge is -2.39. The van der Waals surface area contributed by atoms with E-state index in [-0.39, 0.29) is 5.92 Å². The first kappa shape index (κ1) is 12.2. The molecule has 0 aromatic carbocycles. The van der Waals surface area contributed by atoms with Crippen molar-refractivity contribution in [1.29, 1.82) is 0 Å². The Kier molecular flexibility index (Phi) is 3.23. The number of hydrogen-bond donors (Lipinski definition) is 1. The van der Waals surface area contributed by atoms with Gasteiger partial charge in [-0.25, -0.2) is 4.79 Å². The second-order valence-electron chi connectivity index (χ2n) is 5.36. The SMILES string of the molecule is C=C(C(=O)O)C1CC=C(C)C2CCC(C)=CC12. The first-order valence-corrected chi connectivity index (χ1v) is 6.26. The van der Waals surface area contributed by atoms with Crippen molar-refractivity contribution in [3.8, 4) is 0 Å². The molecule has 3 atom stereocenters. The fourth-order valence-corrected chi connectivity index (χ4v) is 3.19. The molecular weight excluding hydrogens is 212 g/mol. The van der Waals surface area contributed by atoms with Crippen LogP contribution in [0.2, 0.25) is 0 Å². The molecule has 2 heteroatoms. The summed E-state index contributed by atoms with van der Waals surface area (Å²) in [4.78, 5) is 11.1. The van der Waals surface area contributed by atoms with Crippen molar-refractivity contribution >= 4 is 5.97 Å². The van der Waals surface area contributed by atoms with Gasteiger partial charge in [0.1, 0.15) is 0 Å². The van der Waals surface area contributed by atoms with Gasteiger partial charge in [-0.1, -0.05) is 29.9 Å². The van der Waals surface area contributed by atoms with Gasteiger partial charge in [-0.05, 0) is 44.9 Å². The maximum Gasteiger partial charge on any atom is 0.331 e. The standard InChI is InChI=1S/C15H20O2/c1-9-4-6-12-10(2)5-7-13(14(12)8-9)11(3)15(16)17/h5,8,12-14H,3-4,6-7H2,1-2H3,(H,16,17). The van der Waals surface area contributed by atoms with Gasteiger partial charge in [-0.15, -0.1) is 0 Å². The predicted octanol–water partition coefficient (Wildman–Crippen LogP) is 3.57. The van der Waals surface area contributed by atoms with Crippen LogP contribution in [0.1, 0.15) is 33.1 Å². The summed E-state index contributed by atoms with van der Waals surface area (Å²) >= 11 is 0. The van der Waals surface area contributed by atoms with Crippen LogP contribution < -0.4 is 0 Å². The average Bonchev–Trinajstić information content (AvgIpc) is 2.28. The molecular formula is C15H20O2. The molecule has 3 unspecified atom stereocenters. The number of fused-ring (bicyclic) bond motifs is 1. The van der Waals surface area contributed by atoms with Crippen LogP contribution in [0.3, 0.4) is 0 Å². The lowest BCUT2D eigenvalue weighted by molar-refractivity contribution is -0.133. The van der Waals surface area contributed by atoms with Gasteiger partial charge in [0.15, 0.2) is 0 Å². The van der Waals surface area contributed by atoms with E-state index in [9.17, 15) is 4.79 Å². The highest BCUT2D eigenvalue weighted by Gasteiger charge is 2.36. The molecule has 1 N–H and O–H groups in total. The van der Waals surface area contributed by atoms with E-state index in [0.29, 0.717) is 17.4 Å². The van der Waals surface area contributed by atoms with Crippen LogP contribution in [0.15, 0.2) is 35.5 Å². The van der Waals surface area contributed by atoms with Crippen molar-refractivity contribution in [2.75, 3.05) is 0 Å². The van der Waals surface area contributed by atoms with E-state index in [1.54, 1.807) is 0 Å². The van der Waals surface area contributed by atoms with Crippen molar-refractivity contribution in [2.24, 2.45) is 17.8 Å². The summed E-state index contributed by atoms with van der Waals surface area (Å²) in [6.45, 7) is 8.08. The Hall–Kier alpha value is -1.31. The van der Waals surface area contributed by atoms with Crippen LogP contribution in [0.4, 0.5) is 0 Å². The summed E-state index contributed by atoms with van der Waals surface area (Å²) < 4.78 is 0. The number of carboxylic acids is 1. The van der Waals surface area contributed by atoms with Gasteiger partial charge in [-0.2, -0.15) is 0 Å². The Bertz CT molecular complexity index is 415. The zero-order chi connectivity index (χ0) is 12.6. The van der Waals surface area contributed by atoms with Gasteiger partial charge < -0.3 is 5.11 Å². The van der Waals surface area contributed by atoms with E-state index < -0.39 is 5.97 Å². The molecule has 0 amide bonds. The van der Waals surface area contributed by atoms with E-state index in [1.807, 2.05) is 0 Å². The molecule has 0 heterocycles. The fourth-order valence-electron chi connectivity index (χ4n) is 3.19. The van der Waals surface area contributed by atoms with Gasteiger partial charge in [0.25, 0.3) is 0 Å². The maximum atomic E-state index is 11.1. The molecule has 2 aliphatic rings. The Morgan fingerprint density at radius 3 is 2.82 bits per heavy atom. The number of aliphatic carboxylic acids is 1. The average molecular weight is 232 g/mol. The Morgan fingerprint density at radius 2 is 2.18 bits per heavy atom. The van der Waals surface area contributed by atoms with Crippen LogP contribution in [0.25, 0.3) is 0 Å². The molecule has 0 fully saturated rings. The van der Waals surface area contributed by atoms with Crippen molar-refractivity contribution in [1.82, 2.24) is 0 Å². The second kappa shape index (κ2) is 4.52. The van der Waals surface area contributed by atoms with Crippen LogP contribution in [-0.4, -0.2) is 11.1 Å². The van der Waals surface area contributed by atoms with Crippen LogP contribution in [0.5, 0.6) is 0 Å². The molecule has 0 bridgehead atoms. The third-order valence-corrected chi connectivity index (χ3v) is 4.26. The molecule has 0 aliphatic heterocycles. The van der Waals surface area contributed by atoms with Crippen molar-refractivity contribution in [3.05, 3.63) is 35.5 Å². The third kappa shape index (κ3) is 2.21. The molecule has 2 nitrogen and oxygen atoms in total. The molecule has 92 valence electrons. The van der Waals surface area contributed by atoms with Gasteiger partial charge in [0.05, 0.1) is 0 Å². The highest BCUT2D eigenvalue weighted by atomic mass is 16.4. The van der Waals surface area contributed by atoms with Crippen molar-refractivity contribution < 1.29 is 9.90 Å². The maximum absolute atomic E-state index is 11.1. The fraction of sp³-hybridized carbons (Fsp3) is 0.533. The lowest BCUT2D eigenvalue weighted by atomic mass is 9.65. The summed E-state index contributed by atoms with van der Waals surface area (Å²) in [6, 6.07) is 0. The molecule has 0 saturated carbocycles. The second-order valence-corrected chi connectivity index (χ2v) is 5.36. The van der Waals surface area contributed by atoms with E-state index in [4.69, 9.17) is 5.11 Å². The smallest absolute Gasteiger partial charge is 0.331 e. The topological polar surface area (TPSA) is 37.3 Å². The van der Waals surface area contributed by atoms with Gasteiger partial charge in [-0.3, -0.25) is 0 Å². The number of rotatable bonds is 2. The van der Waals surface area contributed by atoms with E-state index in [0.717, 1.165) is 19.3 Å². The lowest BCUT2D eigenvalue weighted by Crippen LogP contribution is -2.31. The first-order chi connectivity index (χ1) is 8.00. The zero-order valence-electron chi connectivity index (χ0n) is 10.6. The molecule has 0 aromatic heterocycles. The summed E-state index contributed by atoms with van der Waals surface area (Å²) in [6.07, 6.45) is 7.59. The number of hydrogen-bond acceptors (Lipinski definition) is 1. The minimum atomic E-state index is -0.849. The first-order valence-electron chi connectivity index (χ1n) is 6.26. The highest BCUT2D eigenvalue weighted by Crippen LogP contribution is 2.44. The molecule has 0 spiro atoms. The number of carboxylic acid groups (broad SMARTS) is 1. The van der Waals surface area contributed by atoms with E-state index in [1.165, 1.54) is 11.1 Å². The largest absolute Gasteiger partial charge is 0.478 e. The van der Waals surface area contributed by atoms with E-state index >= 15 is 0 Å². The van der Waals surface area contributed by atoms with Crippen molar-refractivity contribution in [3.63, 3.8) is 0 Å². The predicted molar refractivity (Wildman–Crippen MR) is 68.6 cm³/mol. The number of allylic oxidation sites excluding steroid dienone is 4. The van der Waals surface area contributed by atoms with Crippen molar-refractivity contribution in [2.45, 2.75) is 33.1 Å².